The second kappa shape index (κ2) is 6.80. The van der Waals surface area contributed by atoms with Crippen LogP contribution in [0.25, 0.3) is 0 Å². The van der Waals surface area contributed by atoms with Crippen LogP contribution in [0.1, 0.15) is 13.8 Å². The van der Waals surface area contributed by atoms with Gasteiger partial charge in [-0.1, -0.05) is 0 Å². The van der Waals surface area contributed by atoms with Crippen molar-refractivity contribution in [3.63, 3.8) is 0 Å². The van der Waals surface area contributed by atoms with Crippen molar-refractivity contribution in [3.8, 4) is 0 Å². The van der Waals surface area contributed by atoms with Gasteiger partial charge in [-0.3, -0.25) is 9.59 Å². The molecule has 0 aromatic heterocycles. The van der Waals surface area contributed by atoms with E-state index in [1.807, 2.05) is 0 Å². The van der Waals surface area contributed by atoms with Gasteiger partial charge in [0.25, 0.3) is 0 Å². The standard InChI is InChI=1S/C11H19NO7/c1-5(13)12-8-10(16)9(15)7(4-18-6(2)14)19-11(8)17-3/h7-11,15-16H,4H2,1-3H3,(H,12,13)/t7-,8-,9-,10-,11+/m1/s1. The number of aliphatic hydroxyl groups is 2. The normalized spacial score (nSPS) is 34.7. The molecular weight excluding hydrogens is 258 g/mol. The van der Waals surface area contributed by atoms with Crippen LogP contribution in [-0.2, 0) is 23.8 Å². The number of methoxy groups -OCH3 is 1. The van der Waals surface area contributed by atoms with Crippen molar-refractivity contribution in [2.75, 3.05) is 13.7 Å². The molecule has 5 atom stereocenters. The first-order valence-electron chi connectivity index (χ1n) is 5.81. The predicted molar refractivity (Wildman–Crippen MR) is 61.9 cm³/mol. The summed E-state index contributed by atoms with van der Waals surface area (Å²) in [5, 5.41) is 22.3. The van der Waals surface area contributed by atoms with Crippen molar-refractivity contribution in [2.24, 2.45) is 0 Å². The fourth-order valence-corrected chi connectivity index (χ4v) is 1.86. The van der Waals surface area contributed by atoms with Crippen LogP contribution in [0.4, 0.5) is 0 Å². The molecule has 1 rings (SSSR count). The molecule has 0 unspecified atom stereocenters. The Hall–Kier alpha value is -1.22. The van der Waals surface area contributed by atoms with E-state index in [-0.39, 0.29) is 12.5 Å². The summed E-state index contributed by atoms with van der Waals surface area (Å²) in [6, 6.07) is -0.897. The molecule has 1 fully saturated rings. The van der Waals surface area contributed by atoms with Gasteiger partial charge in [0.1, 0.15) is 31.0 Å². The minimum Gasteiger partial charge on any atom is -0.463 e. The Morgan fingerprint density at radius 2 is 1.89 bits per heavy atom. The molecule has 0 bridgehead atoms. The third kappa shape index (κ3) is 4.13. The van der Waals surface area contributed by atoms with Gasteiger partial charge in [-0.05, 0) is 0 Å². The number of rotatable bonds is 4. The van der Waals surface area contributed by atoms with E-state index in [1.54, 1.807) is 0 Å². The summed E-state index contributed by atoms with van der Waals surface area (Å²) in [6.45, 7) is 2.29. The van der Waals surface area contributed by atoms with Crippen LogP contribution < -0.4 is 5.32 Å². The Balaban J connectivity index is 2.72. The summed E-state index contributed by atoms with van der Waals surface area (Å²) in [4.78, 5) is 21.8. The highest BCUT2D eigenvalue weighted by molar-refractivity contribution is 5.73. The highest BCUT2D eigenvalue weighted by Crippen LogP contribution is 2.22. The topological polar surface area (TPSA) is 114 Å². The van der Waals surface area contributed by atoms with Crippen LogP contribution in [0.2, 0.25) is 0 Å². The molecule has 1 heterocycles. The van der Waals surface area contributed by atoms with Gasteiger partial charge < -0.3 is 29.7 Å². The van der Waals surface area contributed by atoms with E-state index in [1.165, 1.54) is 21.0 Å². The highest BCUT2D eigenvalue weighted by Gasteiger charge is 2.45. The number of esters is 1. The van der Waals surface area contributed by atoms with Crippen molar-refractivity contribution in [2.45, 2.75) is 44.5 Å². The van der Waals surface area contributed by atoms with Gasteiger partial charge in [0, 0.05) is 21.0 Å². The maximum Gasteiger partial charge on any atom is 0.302 e. The zero-order chi connectivity index (χ0) is 14.6. The number of carbonyl (C=O) groups excluding carboxylic acids is 2. The number of aliphatic hydroxyl groups excluding tert-OH is 2. The van der Waals surface area contributed by atoms with Gasteiger partial charge in [0.2, 0.25) is 5.91 Å². The summed E-state index contributed by atoms with van der Waals surface area (Å²) < 4.78 is 15.1. The van der Waals surface area contributed by atoms with Gasteiger partial charge in [0.15, 0.2) is 6.29 Å². The Morgan fingerprint density at radius 3 is 2.37 bits per heavy atom. The average Bonchev–Trinajstić information content (AvgIpc) is 2.33. The zero-order valence-corrected chi connectivity index (χ0v) is 11.0. The molecule has 0 spiro atoms. The first kappa shape index (κ1) is 15.8. The monoisotopic (exact) mass is 277 g/mol. The summed E-state index contributed by atoms with van der Waals surface area (Å²) in [5.74, 6) is -0.913. The van der Waals surface area contributed by atoms with Crippen LogP contribution >= 0.6 is 0 Å². The maximum absolute atomic E-state index is 11.0. The largest absolute Gasteiger partial charge is 0.463 e. The Labute approximate surface area is 110 Å². The van der Waals surface area contributed by atoms with E-state index in [0.717, 1.165) is 0 Å². The molecule has 8 heteroatoms. The molecule has 0 aromatic carbocycles. The minimum absolute atomic E-state index is 0.208. The first-order chi connectivity index (χ1) is 8.86. The van der Waals surface area contributed by atoms with Crippen molar-refractivity contribution in [1.82, 2.24) is 5.32 Å². The van der Waals surface area contributed by atoms with E-state index >= 15 is 0 Å². The Bertz CT molecular complexity index is 331. The molecule has 8 nitrogen and oxygen atoms in total. The summed E-state index contributed by atoms with van der Waals surface area (Å²) in [6.07, 6.45) is -4.46. The SMILES string of the molecule is CO[C@H]1O[C@H](COC(C)=O)[C@@H](O)[C@H](O)[C@H]1NC(C)=O. The lowest BCUT2D eigenvalue weighted by Gasteiger charge is -2.41. The van der Waals surface area contributed by atoms with E-state index in [4.69, 9.17) is 14.2 Å². The van der Waals surface area contributed by atoms with E-state index in [9.17, 15) is 19.8 Å². The van der Waals surface area contributed by atoms with Crippen molar-refractivity contribution in [3.05, 3.63) is 0 Å². The van der Waals surface area contributed by atoms with Crippen molar-refractivity contribution >= 4 is 11.9 Å². The summed E-state index contributed by atoms with van der Waals surface area (Å²) in [7, 11) is 1.34. The van der Waals surface area contributed by atoms with Crippen LogP contribution in [0, 0.1) is 0 Å². The third-order valence-electron chi connectivity index (χ3n) is 2.75. The first-order valence-corrected chi connectivity index (χ1v) is 5.81. The molecule has 1 aliphatic rings. The molecule has 1 saturated heterocycles. The Kier molecular flexibility index (Phi) is 5.67. The molecular formula is C11H19NO7. The quantitative estimate of drug-likeness (QED) is 0.517. The number of nitrogens with one attached hydrogen (secondary N) is 1. The lowest BCUT2D eigenvalue weighted by atomic mass is 9.97. The van der Waals surface area contributed by atoms with Gasteiger partial charge in [0.05, 0.1) is 0 Å². The smallest absolute Gasteiger partial charge is 0.302 e. The number of ether oxygens (including phenoxy) is 3. The van der Waals surface area contributed by atoms with Crippen molar-refractivity contribution in [1.29, 1.82) is 0 Å². The second-order valence-corrected chi connectivity index (χ2v) is 4.29. The van der Waals surface area contributed by atoms with Gasteiger partial charge in [-0.2, -0.15) is 0 Å². The van der Waals surface area contributed by atoms with Crippen LogP contribution in [0.5, 0.6) is 0 Å². The Morgan fingerprint density at radius 1 is 1.26 bits per heavy atom. The molecule has 0 saturated carbocycles. The average molecular weight is 277 g/mol. The fourth-order valence-electron chi connectivity index (χ4n) is 1.86. The molecule has 0 radical (unpaired) electrons. The van der Waals surface area contributed by atoms with Crippen LogP contribution in [0.3, 0.4) is 0 Å². The maximum atomic E-state index is 11.0. The molecule has 3 N–H and O–H groups in total. The zero-order valence-electron chi connectivity index (χ0n) is 11.0. The van der Waals surface area contributed by atoms with E-state index < -0.39 is 36.6 Å². The molecule has 1 amide bonds. The highest BCUT2D eigenvalue weighted by atomic mass is 16.7. The molecule has 1 aliphatic heterocycles. The number of amides is 1. The molecule has 19 heavy (non-hydrogen) atoms. The number of hydrogen-bond acceptors (Lipinski definition) is 7. The number of hydrogen-bond donors (Lipinski definition) is 3. The lowest BCUT2D eigenvalue weighted by Crippen LogP contribution is -2.64. The summed E-state index contributed by atoms with van der Waals surface area (Å²) in [5.41, 5.74) is 0. The van der Waals surface area contributed by atoms with Gasteiger partial charge >= 0.3 is 5.97 Å². The number of carbonyl (C=O) groups is 2. The van der Waals surface area contributed by atoms with E-state index in [2.05, 4.69) is 5.32 Å². The van der Waals surface area contributed by atoms with E-state index in [0.29, 0.717) is 0 Å². The van der Waals surface area contributed by atoms with Crippen molar-refractivity contribution < 1.29 is 34.0 Å². The third-order valence-corrected chi connectivity index (χ3v) is 2.75. The van der Waals surface area contributed by atoms with Gasteiger partial charge in [-0.15, -0.1) is 0 Å². The lowest BCUT2D eigenvalue weighted by molar-refractivity contribution is -0.264. The molecule has 110 valence electrons. The second-order valence-electron chi connectivity index (χ2n) is 4.29. The predicted octanol–water partition coefficient (Wildman–Crippen LogP) is -1.85. The molecule has 0 aromatic rings. The van der Waals surface area contributed by atoms with Crippen LogP contribution in [-0.4, -0.2) is 66.4 Å². The fraction of sp³-hybridized carbons (Fsp3) is 0.818. The van der Waals surface area contributed by atoms with Crippen LogP contribution in [0.15, 0.2) is 0 Å². The molecule has 0 aliphatic carbocycles. The van der Waals surface area contributed by atoms with Gasteiger partial charge in [-0.25, -0.2) is 0 Å². The summed E-state index contributed by atoms with van der Waals surface area (Å²) >= 11 is 0. The minimum atomic E-state index is -1.30.